The molecule has 2 aliphatic heterocycles. The topological polar surface area (TPSA) is 97.3 Å². The number of aromatic nitrogens is 3. The van der Waals surface area contributed by atoms with Crippen molar-refractivity contribution in [2.75, 3.05) is 0 Å². The van der Waals surface area contributed by atoms with Gasteiger partial charge in [-0.25, -0.2) is 13.5 Å². The molecule has 6 rings (SSSR count). The average molecular weight is 552 g/mol. The van der Waals surface area contributed by atoms with Gasteiger partial charge in [-0.1, -0.05) is 35.0 Å². The number of carbonyl (C=O) groups excluding carboxylic acids is 1. The summed E-state index contributed by atoms with van der Waals surface area (Å²) in [4.78, 5) is 15.5. The van der Waals surface area contributed by atoms with E-state index in [-0.39, 0.29) is 46.7 Å². The highest BCUT2D eigenvalue weighted by Gasteiger charge is 2.47. The SMILES string of the molecule is CC(C)(O)Cn1nnc2cc(-c3ccc(C(=O)N4[C@@H]5CC[C@H]4[C@@H](N)C5)cc3-c3cccc(F)c3)c(F)c(Cl)c21. The number of hydrogen-bond donors (Lipinski definition) is 2. The first-order chi connectivity index (χ1) is 18.5. The Hall–Kier alpha value is -3.40. The zero-order valence-electron chi connectivity index (χ0n) is 21.5. The van der Waals surface area contributed by atoms with Crippen LogP contribution in [0, 0.1) is 11.6 Å². The molecule has 1 amide bonds. The molecule has 1 aromatic heterocycles. The molecule has 4 aromatic rings. The number of nitrogens with zero attached hydrogens (tertiary/aromatic N) is 4. The predicted octanol–water partition coefficient (Wildman–Crippen LogP) is 5.17. The molecule has 3 heterocycles. The summed E-state index contributed by atoms with van der Waals surface area (Å²) in [5.41, 5.74) is 7.71. The van der Waals surface area contributed by atoms with E-state index in [1.807, 2.05) is 4.90 Å². The molecule has 2 bridgehead atoms. The summed E-state index contributed by atoms with van der Waals surface area (Å²) in [6, 6.07) is 12.6. The lowest BCUT2D eigenvalue weighted by molar-refractivity contribution is 0.0584. The first-order valence-corrected chi connectivity index (χ1v) is 13.3. The number of amides is 1. The second kappa shape index (κ2) is 9.36. The molecular weight excluding hydrogens is 524 g/mol. The van der Waals surface area contributed by atoms with Crippen molar-refractivity contribution in [1.29, 1.82) is 0 Å². The molecule has 202 valence electrons. The van der Waals surface area contributed by atoms with Crippen LogP contribution in [-0.4, -0.2) is 54.6 Å². The third-order valence-electron chi connectivity index (χ3n) is 7.73. The number of aliphatic hydroxyl groups is 1. The molecule has 2 saturated heterocycles. The monoisotopic (exact) mass is 551 g/mol. The molecule has 0 spiro atoms. The summed E-state index contributed by atoms with van der Waals surface area (Å²) in [6.07, 6.45) is 2.59. The van der Waals surface area contributed by atoms with Crippen molar-refractivity contribution < 1.29 is 18.7 Å². The van der Waals surface area contributed by atoms with Crippen LogP contribution in [0.2, 0.25) is 5.02 Å². The Kier molecular flexibility index (Phi) is 6.21. The van der Waals surface area contributed by atoms with Crippen LogP contribution >= 0.6 is 11.6 Å². The third-order valence-corrected chi connectivity index (χ3v) is 8.07. The number of nitrogens with two attached hydrogens (primary N) is 1. The third kappa shape index (κ3) is 4.48. The fraction of sp³-hybridized carbons (Fsp3) is 0.345. The van der Waals surface area contributed by atoms with Crippen molar-refractivity contribution >= 4 is 28.5 Å². The highest BCUT2D eigenvalue weighted by atomic mass is 35.5. The van der Waals surface area contributed by atoms with Crippen molar-refractivity contribution in [2.45, 2.75) is 63.4 Å². The first kappa shape index (κ1) is 25.9. The molecule has 10 heteroatoms. The molecule has 0 radical (unpaired) electrons. The van der Waals surface area contributed by atoms with Crippen molar-refractivity contribution in [3.8, 4) is 22.3 Å². The zero-order valence-corrected chi connectivity index (χ0v) is 22.3. The lowest BCUT2D eigenvalue weighted by Crippen LogP contribution is -2.40. The van der Waals surface area contributed by atoms with Crippen molar-refractivity contribution in [3.63, 3.8) is 0 Å². The predicted molar refractivity (Wildman–Crippen MR) is 145 cm³/mol. The number of benzene rings is 3. The first-order valence-electron chi connectivity index (χ1n) is 12.9. The fourth-order valence-corrected chi connectivity index (χ4v) is 6.35. The Labute approximate surface area is 229 Å². The molecule has 2 fully saturated rings. The molecule has 2 aliphatic rings. The minimum Gasteiger partial charge on any atom is -0.389 e. The molecule has 3 N–H and O–H groups in total. The van der Waals surface area contributed by atoms with Crippen LogP contribution in [0.15, 0.2) is 48.5 Å². The molecule has 39 heavy (non-hydrogen) atoms. The van der Waals surface area contributed by atoms with Gasteiger partial charge in [0.1, 0.15) is 21.9 Å². The van der Waals surface area contributed by atoms with Gasteiger partial charge in [0.15, 0.2) is 5.82 Å². The molecule has 7 nitrogen and oxygen atoms in total. The second-order valence-corrected chi connectivity index (χ2v) is 11.5. The largest absolute Gasteiger partial charge is 0.389 e. The maximum absolute atomic E-state index is 15.9. The van der Waals surface area contributed by atoms with Gasteiger partial charge in [0, 0.05) is 29.3 Å². The normalized spacial score (nSPS) is 20.8. The quantitative estimate of drug-likeness (QED) is 0.356. The zero-order chi connectivity index (χ0) is 27.6. The van der Waals surface area contributed by atoms with Crippen LogP contribution < -0.4 is 5.73 Å². The van der Waals surface area contributed by atoms with Gasteiger partial charge in [0.25, 0.3) is 5.91 Å². The van der Waals surface area contributed by atoms with E-state index in [0.29, 0.717) is 27.8 Å². The summed E-state index contributed by atoms with van der Waals surface area (Å²) < 4.78 is 31.6. The summed E-state index contributed by atoms with van der Waals surface area (Å²) in [6.45, 7) is 3.28. The van der Waals surface area contributed by atoms with Crippen LogP contribution in [0.4, 0.5) is 8.78 Å². The lowest BCUT2D eigenvalue weighted by atomic mass is 9.91. The van der Waals surface area contributed by atoms with Gasteiger partial charge in [-0.05, 0) is 80.1 Å². The van der Waals surface area contributed by atoms with Crippen molar-refractivity contribution in [2.24, 2.45) is 5.73 Å². The number of hydrogen-bond acceptors (Lipinski definition) is 5. The fourth-order valence-electron chi connectivity index (χ4n) is 6.05. The van der Waals surface area contributed by atoms with Crippen molar-refractivity contribution in [1.82, 2.24) is 19.9 Å². The van der Waals surface area contributed by atoms with Gasteiger partial charge in [0.2, 0.25) is 0 Å². The number of halogens is 3. The smallest absolute Gasteiger partial charge is 0.254 e. The Morgan fingerprint density at radius 3 is 2.59 bits per heavy atom. The van der Waals surface area contributed by atoms with Gasteiger partial charge in [-0.15, -0.1) is 5.10 Å². The van der Waals surface area contributed by atoms with E-state index in [0.717, 1.165) is 19.3 Å². The summed E-state index contributed by atoms with van der Waals surface area (Å²) in [5.74, 6) is -1.30. The minimum atomic E-state index is -1.12. The van der Waals surface area contributed by atoms with Gasteiger partial charge in [-0.2, -0.15) is 0 Å². The van der Waals surface area contributed by atoms with Gasteiger partial charge >= 0.3 is 0 Å². The molecular formula is C29H28ClF2N5O2. The van der Waals surface area contributed by atoms with E-state index in [1.165, 1.54) is 22.9 Å². The summed E-state index contributed by atoms with van der Waals surface area (Å²) in [7, 11) is 0. The molecule has 0 unspecified atom stereocenters. The second-order valence-electron chi connectivity index (χ2n) is 11.2. The lowest BCUT2D eigenvalue weighted by Gasteiger charge is -2.24. The van der Waals surface area contributed by atoms with E-state index in [1.54, 1.807) is 44.2 Å². The maximum atomic E-state index is 15.9. The van der Waals surface area contributed by atoms with Gasteiger partial charge < -0.3 is 15.7 Å². The van der Waals surface area contributed by atoms with Crippen LogP contribution in [0.1, 0.15) is 43.5 Å². The standard InChI is InChI=1S/C29H28ClF2N5O2/c1-29(2,39)14-36-27-23(34-35-36)13-21(26(32)25(27)30)19-8-6-16(11-20(19)15-4-3-5-17(31)10-15)28(38)37-18-7-9-24(37)22(33)12-18/h3-6,8,10-11,13,18,22,24,39H,7,9,12,14,33H2,1-2H3/t18-,22+,24+/m1/s1. The molecule has 0 aliphatic carbocycles. The number of fused-ring (bicyclic) bond motifs is 3. The van der Waals surface area contributed by atoms with Gasteiger partial charge in [0.05, 0.1) is 12.1 Å². The molecule has 3 aromatic carbocycles. The Bertz CT molecular complexity index is 1620. The summed E-state index contributed by atoms with van der Waals surface area (Å²) >= 11 is 6.51. The highest BCUT2D eigenvalue weighted by Crippen LogP contribution is 2.41. The Balaban J connectivity index is 1.49. The van der Waals surface area contributed by atoms with E-state index in [4.69, 9.17) is 17.3 Å². The maximum Gasteiger partial charge on any atom is 0.254 e. The number of carbonyl (C=O) groups is 1. The number of rotatable bonds is 5. The Morgan fingerprint density at radius 1 is 1.13 bits per heavy atom. The average Bonchev–Trinajstić information content (AvgIpc) is 3.57. The van der Waals surface area contributed by atoms with Crippen molar-refractivity contribution in [3.05, 3.63) is 70.8 Å². The highest BCUT2D eigenvalue weighted by molar-refractivity contribution is 6.35. The molecule has 0 saturated carbocycles. The van der Waals surface area contributed by atoms with E-state index in [2.05, 4.69) is 10.3 Å². The molecule has 3 atom stereocenters. The van der Waals surface area contributed by atoms with Crippen LogP contribution in [0.5, 0.6) is 0 Å². The summed E-state index contributed by atoms with van der Waals surface area (Å²) in [5, 5.41) is 18.3. The minimum absolute atomic E-state index is 0.00460. The van der Waals surface area contributed by atoms with Crippen LogP contribution in [0.3, 0.4) is 0 Å². The van der Waals surface area contributed by atoms with Crippen LogP contribution in [0.25, 0.3) is 33.3 Å². The van der Waals surface area contributed by atoms with Crippen LogP contribution in [-0.2, 0) is 6.54 Å². The van der Waals surface area contributed by atoms with E-state index < -0.39 is 17.2 Å². The Morgan fingerprint density at radius 2 is 1.92 bits per heavy atom. The van der Waals surface area contributed by atoms with Gasteiger partial charge in [-0.3, -0.25) is 4.79 Å². The van der Waals surface area contributed by atoms with E-state index in [9.17, 15) is 14.3 Å². The van der Waals surface area contributed by atoms with E-state index >= 15 is 4.39 Å².